The first-order chi connectivity index (χ1) is 11.1. The van der Waals surface area contributed by atoms with E-state index in [2.05, 4.69) is 11.1 Å². The lowest BCUT2D eigenvalue weighted by Gasteiger charge is -2.45. The van der Waals surface area contributed by atoms with Gasteiger partial charge in [0, 0.05) is 29.6 Å². The largest absolute Gasteiger partial charge is 0.356 e. The molecule has 5 heteroatoms. The molecular formula is C18H21N3O2. The third kappa shape index (κ3) is 1.99. The summed E-state index contributed by atoms with van der Waals surface area (Å²) in [4.78, 5) is 32.4. The number of nitrogens with zero attached hydrogens (tertiary/aromatic N) is 2. The van der Waals surface area contributed by atoms with Crippen LogP contribution in [0.2, 0.25) is 0 Å². The zero-order valence-corrected chi connectivity index (χ0v) is 13.5. The summed E-state index contributed by atoms with van der Waals surface area (Å²) in [6.45, 7) is 4.92. The fraction of sp³-hybridized carbons (Fsp3) is 0.444. The molecule has 0 saturated carbocycles. The molecule has 3 heterocycles. The minimum absolute atomic E-state index is 0.0554. The molecule has 5 nitrogen and oxygen atoms in total. The van der Waals surface area contributed by atoms with Crippen LogP contribution < -0.4 is 0 Å². The SMILES string of the molecule is CCCN1CC(=O)N2[C@H](Cc3c([nH]c4ccccc34)[C@@H]2C)C1=O. The van der Waals surface area contributed by atoms with Gasteiger partial charge >= 0.3 is 0 Å². The summed E-state index contributed by atoms with van der Waals surface area (Å²) in [7, 11) is 0. The van der Waals surface area contributed by atoms with Gasteiger partial charge in [-0.05, 0) is 25.0 Å². The molecule has 1 saturated heterocycles. The number of aromatic amines is 1. The number of nitrogens with one attached hydrogen (secondary N) is 1. The summed E-state index contributed by atoms with van der Waals surface area (Å²) in [6.07, 6.45) is 1.48. The maximum Gasteiger partial charge on any atom is 0.246 e. The number of fused-ring (bicyclic) bond motifs is 4. The van der Waals surface area contributed by atoms with Crippen LogP contribution in [-0.2, 0) is 16.0 Å². The predicted molar refractivity (Wildman–Crippen MR) is 87.9 cm³/mol. The van der Waals surface area contributed by atoms with E-state index in [1.165, 1.54) is 10.9 Å². The summed E-state index contributed by atoms with van der Waals surface area (Å²) in [5.41, 5.74) is 3.34. The van der Waals surface area contributed by atoms with E-state index in [1.807, 2.05) is 32.0 Å². The second-order valence-electron chi connectivity index (χ2n) is 6.52. The summed E-state index contributed by atoms with van der Waals surface area (Å²) >= 11 is 0. The van der Waals surface area contributed by atoms with Crippen LogP contribution in [0.1, 0.15) is 37.6 Å². The van der Waals surface area contributed by atoms with Crippen molar-refractivity contribution in [1.29, 1.82) is 0 Å². The van der Waals surface area contributed by atoms with Crippen LogP contribution in [0.3, 0.4) is 0 Å². The van der Waals surface area contributed by atoms with Crippen LogP contribution in [0.4, 0.5) is 0 Å². The van der Waals surface area contributed by atoms with Crippen LogP contribution in [-0.4, -0.2) is 45.7 Å². The molecule has 0 bridgehead atoms. The number of H-pyrrole nitrogens is 1. The zero-order chi connectivity index (χ0) is 16.1. The molecule has 1 fully saturated rings. The Morgan fingerprint density at radius 1 is 1.26 bits per heavy atom. The first kappa shape index (κ1) is 14.3. The van der Waals surface area contributed by atoms with E-state index in [-0.39, 0.29) is 30.4 Å². The van der Waals surface area contributed by atoms with Crippen LogP contribution in [0, 0.1) is 0 Å². The van der Waals surface area contributed by atoms with Crippen LogP contribution in [0.5, 0.6) is 0 Å². The summed E-state index contributed by atoms with van der Waals surface area (Å²) < 4.78 is 0. The van der Waals surface area contributed by atoms with Gasteiger partial charge in [-0.2, -0.15) is 0 Å². The molecule has 0 radical (unpaired) electrons. The van der Waals surface area contributed by atoms with Gasteiger partial charge in [-0.3, -0.25) is 9.59 Å². The van der Waals surface area contributed by atoms with Crippen molar-refractivity contribution >= 4 is 22.7 Å². The van der Waals surface area contributed by atoms with Crippen molar-refractivity contribution in [2.24, 2.45) is 0 Å². The van der Waals surface area contributed by atoms with E-state index in [9.17, 15) is 9.59 Å². The van der Waals surface area contributed by atoms with E-state index in [4.69, 9.17) is 0 Å². The number of hydrogen-bond donors (Lipinski definition) is 1. The van der Waals surface area contributed by atoms with Crippen molar-refractivity contribution in [3.8, 4) is 0 Å². The van der Waals surface area contributed by atoms with Crippen molar-refractivity contribution in [2.45, 2.75) is 38.8 Å². The van der Waals surface area contributed by atoms with Gasteiger partial charge in [0.15, 0.2) is 0 Å². The normalized spacial score (nSPS) is 24.1. The molecule has 1 N–H and O–H groups in total. The second kappa shape index (κ2) is 5.11. The first-order valence-electron chi connectivity index (χ1n) is 8.31. The number of amides is 2. The number of aromatic nitrogens is 1. The van der Waals surface area contributed by atoms with E-state index < -0.39 is 0 Å². The van der Waals surface area contributed by atoms with Crippen molar-refractivity contribution < 1.29 is 9.59 Å². The van der Waals surface area contributed by atoms with Crippen molar-refractivity contribution in [2.75, 3.05) is 13.1 Å². The lowest BCUT2D eigenvalue weighted by molar-refractivity contribution is -0.159. The average molecular weight is 311 g/mol. The number of benzene rings is 1. The van der Waals surface area contributed by atoms with Gasteiger partial charge < -0.3 is 14.8 Å². The Balaban J connectivity index is 1.80. The minimum Gasteiger partial charge on any atom is -0.356 e. The summed E-state index contributed by atoms with van der Waals surface area (Å²) in [5, 5.41) is 1.17. The second-order valence-corrected chi connectivity index (χ2v) is 6.52. The maximum atomic E-state index is 12.8. The van der Waals surface area contributed by atoms with Gasteiger partial charge in [-0.15, -0.1) is 0 Å². The highest BCUT2D eigenvalue weighted by Gasteiger charge is 2.45. The molecular weight excluding hydrogens is 290 g/mol. The van der Waals surface area contributed by atoms with Crippen molar-refractivity contribution in [1.82, 2.24) is 14.8 Å². The number of carbonyl (C=O) groups excluding carboxylic acids is 2. The fourth-order valence-corrected chi connectivity index (χ4v) is 4.09. The Hall–Kier alpha value is -2.30. The van der Waals surface area contributed by atoms with Crippen molar-refractivity contribution in [3.63, 3.8) is 0 Å². The Morgan fingerprint density at radius 3 is 2.83 bits per heavy atom. The molecule has 0 aliphatic carbocycles. The molecule has 1 aromatic heterocycles. The van der Waals surface area contributed by atoms with Gasteiger partial charge in [0.05, 0.1) is 12.6 Å². The molecule has 2 aromatic rings. The number of piperazine rings is 1. The van der Waals surface area contributed by atoms with E-state index in [1.54, 1.807) is 9.80 Å². The molecule has 2 aliphatic heterocycles. The third-order valence-corrected chi connectivity index (χ3v) is 5.12. The van der Waals surface area contributed by atoms with Gasteiger partial charge in [0.1, 0.15) is 6.04 Å². The number of carbonyl (C=O) groups is 2. The Morgan fingerprint density at radius 2 is 2.04 bits per heavy atom. The Bertz CT molecular complexity index is 795. The molecule has 4 rings (SSSR count). The predicted octanol–water partition coefficient (Wildman–Crippen LogP) is 2.23. The zero-order valence-electron chi connectivity index (χ0n) is 13.5. The maximum absolute atomic E-state index is 12.8. The molecule has 1 aromatic carbocycles. The van der Waals surface area contributed by atoms with Gasteiger partial charge in [-0.25, -0.2) is 0 Å². The van der Waals surface area contributed by atoms with Gasteiger partial charge in [0.25, 0.3) is 0 Å². The van der Waals surface area contributed by atoms with Crippen LogP contribution >= 0.6 is 0 Å². The van der Waals surface area contributed by atoms with Gasteiger partial charge in [-0.1, -0.05) is 25.1 Å². The molecule has 0 spiro atoms. The fourth-order valence-electron chi connectivity index (χ4n) is 4.09. The number of para-hydroxylation sites is 1. The quantitative estimate of drug-likeness (QED) is 0.924. The molecule has 2 amide bonds. The summed E-state index contributed by atoms with van der Waals surface area (Å²) in [5.74, 6) is 0.147. The van der Waals surface area contributed by atoms with E-state index in [0.717, 1.165) is 17.6 Å². The van der Waals surface area contributed by atoms with E-state index >= 15 is 0 Å². The van der Waals surface area contributed by atoms with E-state index in [0.29, 0.717) is 13.0 Å². The lowest BCUT2D eigenvalue weighted by atomic mass is 9.90. The third-order valence-electron chi connectivity index (χ3n) is 5.12. The molecule has 23 heavy (non-hydrogen) atoms. The van der Waals surface area contributed by atoms with Crippen molar-refractivity contribution in [3.05, 3.63) is 35.5 Å². The minimum atomic E-state index is -0.357. The highest BCUT2D eigenvalue weighted by Crippen LogP contribution is 2.38. The van der Waals surface area contributed by atoms with Gasteiger partial charge in [0.2, 0.25) is 11.8 Å². The molecule has 120 valence electrons. The average Bonchev–Trinajstić information content (AvgIpc) is 2.92. The molecule has 2 atom stereocenters. The molecule has 2 aliphatic rings. The Labute approximate surface area is 135 Å². The molecule has 0 unspecified atom stereocenters. The van der Waals surface area contributed by atoms with Crippen LogP contribution in [0.25, 0.3) is 10.9 Å². The standard InChI is InChI=1S/C18H21N3O2/c1-3-8-20-10-16(22)21-11(2)17-13(9-15(21)18(20)23)12-6-4-5-7-14(12)19-17/h4-7,11,15,19H,3,8-10H2,1-2H3/t11-,15+/m0/s1. The van der Waals surface area contributed by atoms with Crippen LogP contribution in [0.15, 0.2) is 24.3 Å². The monoisotopic (exact) mass is 311 g/mol. The number of hydrogen-bond acceptors (Lipinski definition) is 2. The summed E-state index contributed by atoms with van der Waals surface area (Å²) in [6, 6.07) is 7.71. The first-order valence-corrected chi connectivity index (χ1v) is 8.31. The highest BCUT2D eigenvalue weighted by molar-refractivity contribution is 5.97. The Kier molecular flexibility index (Phi) is 3.18. The topological polar surface area (TPSA) is 56.4 Å². The number of rotatable bonds is 2. The smallest absolute Gasteiger partial charge is 0.246 e. The highest BCUT2D eigenvalue weighted by atomic mass is 16.2. The lowest BCUT2D eigenvalue weighted by Crippen LogP contribution is -2.62.